The van der Waals surface area contributed by atoms with E-state index in [1.165, 1.54) is 22.3 Å². The molecule has 4 nitrogen and oxygen atoms in total. The summed E-state index contributed by atoms with van der Waals surface area (Å²) in [4.78, 5) is 11.7. The van der Waals surface area contributed by atoms with Gasteiger partial charge in [0.25, 0.3) is 0 Å². The molecule has 0 aliphatic heterocycles. The number of hydrogen-bond acceptors (Lipinski definition) is 4. The van der Waals surface area contributed by atoms with Gasteiger partial charge in [0.1, 0.15) is 11.9 Å². The average molecular weight is 445 g/mol. The lowest BCUT2D eigenvalue weighted by Gasteiger charge is -2.28. The van der Waals surface area contributed by atoms with Crippen LogP contribution in [-0.4, -0.2) is 25.8 Å². The van der Waals surface area contributed by atoms with Gasteiger partial charge >= 0.3 is 5.97 Å². The number of esters is 1. The minimum atomic E-state index is -0.330. The van der Waals surface area contributed by atoms with E-state index >= 15 is 0 Å². The van der Waals surface area contributed by atoms with E-state index in [9.17, 15) is 4.79 Å². The van der Waals surface area contributed by atoms with Gasteiger partial charge in [-0.25, -0.2) is 4.79 Å². The second-order valence-electron chi connectivity index (χ2n) is 8.37. The number of carbonyl (C=O) groups is 1. The topological polar surface area (TPSA) is 44.8 Å². The van der Waals surface area contributed by atoms with Crippen molar-refractivity contribution in [1.29, 1.82) is 0 Å². The minimum Gasteiger partial charge on any atom is -0.482 e. The average Bonchev–Trinajstić information content (AvgIpc) is 2.86. The predicted octanol–water partition coefficient (Wildman–Crippen LogP) is 6.24. The molecule has 0 bridgehead atoms. The molecule has 1 atom stereocenters. The Balaban J connectivity index is 1.43. The lowest BCUT2D eigenvalue weighted by atomic mass is 9.81. The molecule has 0 spiro atoms. The molecule has 0 heterocycles. The zero-order valence-electron chi connectivity index (χ0n) is 19.2. The molecule has 1 aliphatic rings. The van der Waals surface area contributed by atoms with Crippen LogP contribution in [0.5, 0.6) is 5.75 Å². The van der Waals surface area contributed by atoms with Crippen molar-refractivity contribution >= 4 is 5.97 Å². The van der Waals surface area contributed by atoms with Gasteiger partial charge in [-0.1, -0.05) is 72.8 Å². The standard InChI is InChI=1S/C29H32O4/c1-2-31-28(30)21-33-27-18-10-16-25-22(15-9-17-26(25)27)19-20-32-29(23-11-5-3-6-12-23)24-13-7-4-8-14-24/h3-8,10-14,16,18,22,29H,2,9,15,17,19-21H2,1H3. The van der Waals surface area contributed by atoms with Crippen molar-refractivity contribution in [3.05, 3.63) is 101 Å². The first-order valence-corrected chi connectivity index (χ1v) is 11.9. The van der Waals surface area contributed by atoms with Gasteiger partial charge in [-0.05, 0) is 66.8 Å². The van der Waals surface area contributed by atoms with E-state index in [2.05, 4.69) is 54.6 Å². The molecule has 0 aromatic heterocycles. The van der Waals surface area contributed by atoms with Crippen LogP contribution in [-0.2, 0) is 20.7 Å². The lowest BCUT2D eigenvalue weighted by molar-refractivity contribution is -0.145. The Morgan fingerprint density at radius 1 is 0.939 bits per heavy atom. The summed E-state index contributed by atoms with van der Waals surface area (Å²) in [5.41, 5.74) is 4.88. The Kier molecular flexibility index (Phi) is 8.15. The van der Waals surface area contributed by atoms with Crippen LogP contribution in [0.3, 0.4) is 0 Å². The largest absolute Gasteiger partial charge is 0.482 e. The second-order valence-corrected chi connectivity index (χ2v) is 8.37. The number of rotatable bonds is 10. The number of carbonyl (C=O) groups excluding carboxylic acids is 1. The zero-order valence-corrected chi connectivity index (χ0v) is 19.2. The van der Waals surface area contributed by atoms with Crippen LogP contribution in [0.4, 0.5) is 0 Å². The molecule has 3 aromatic rings. The fourth-order valence-electron chi connectivity index (χ4n) is 4.66. The molecule has 3 aromatic carbocycles. The van der Waals surface area contributed by atoms with Gasteiger partial charge in [-0.3, -0.25) is 0 Å². The maximum atomic E-state index is 11.7. The van der Waals surface area contributed by atoms with Crippen molar-refractivity contribution in [3.63, 3.8) is 0 Å². The highest BCUT2D eigenvalue weighted by molar-refractivity contribution is 5.71. The van der Waals surface area contributed by atoms with Gasteiger partial charge < -0.3 is 14.2 Å². The maximum Gasteiger partial charge on any atom is 0.344 e. The molecule has 4 heteroatoms. The Morgan fingerprint density at radius 3 is 2.30 bits per heavy atom. The van der Waals surface area contributed by atoms with E-state index in [0.717, 1.165) is 31.4 Å². The van der Waals surface area contributed by atoms with Crippen molar-refractivity contribution in [2.75, 3.05) is 19.8 Å². The fraction of sp³-hybridized carbons (Fsp3) is 0.345. The highest BCUT2D eigenvalue weighted by Gasteiger charge is 2.24. The maximum absolute atomic E-state index is 11.7. The van der Waals surface area contributed by atoms with Gasteiger partial charge in [-0.2, -0.15) is 0 Å². The first kappa shape index (κ1) is 23.1. The summed E-state index contributed by atoms with van der Waals surface area (Å²) in [5, 5.41) is 0. The first-order valence-electron chi connectivity index (χ1n) is 11.9. The van der Waals surface area contributed by atoms with Crippen molar-refractivity contribution in [1.82, 2.24) is 0 Å². The molecule has 0 saturated carbocycles. The summed E-state index contributed by atoms with van der Waals surface area (Å²) in [6.45, 7) is 2.79. The van der Waals surface area contributed by atoms with Crippen LogP contribution < -0.4 is 4.74 Å². The second kappa shape index (κ2) is 11.7. The first-order chi connectivity index (χ1) is 16.3. The molecule has 0 radical (unpaired) electrons. The van der Waals surface area contributed by atoms with E-state index in [0.29, 0.717) is 19.1 Å². The summed E-state index contributed by atoms with van der Waals surface area (Å²) in [5.74, 6) is 0.897. The Hall–Kier alpha value is -3.11. The van der Waals surface area contributed by atoms with Crippen molar-refractivity contribution in [2.45, 2.75) is 44.6 Å². The SMILES string of the molecule is CCOC(=O)COc1cccc2c1CCCC2CCOC(c1ccccc1)c1ccccc1. The summed E-state index contributed by atoms with van der Waals surface area (Å²) in [7, 11) is 0. The lowest BCUT2D eigenvalue weighted by Crippen LogP contribution is -2.18. The number of ether oxygens (including phenoxy) is 3. The molecule has 1 unspecified atom stereocenters. The zero-order chi connectivity index (χ0) is 22.9. The molecule has 1 aliphatic carbocycles. The minimum absolute atomic E-state index is 0.0477. The smallest absolute Gasteiger partial charge is 0.344 e. The highest BCUT2D eigenvalue weighted by atomic mass is 16.6. The molecule has 172 valence electrons. The number of benzene rings is 3. The van der Waals surface area contributed by atoms with Crippen LogP contribution >= 0.6 is 0 Å². The summed E-state index contributed by atoms with van der Waals surface area (Å²) in [6, 6.07) is 27.0. The third kappa shape index (κ3) is 6.02. The third-order valence-electron chi connectivity index (χ3n) is 6.19. The highest BCUT2D eigenvalue weighted by Crippen LogP contribution is 2.39. The van der Waals surface area contributed by atoms with E-state index in [-0.39, 0.29) is 18.7 Å². The summed E-state index contributed by atoms with van der Waals surface area (Å²) < 4.78 is 17.3. The number of fused-ring (bicyclic) bond motifs is 1. The monoisotopic (exact) mass is 444 g/mol. The normalized spacial score (nSPS) is 15.2. The van der Waals surface area contributed by atoms with Gasteiger partial charge in [0, 0.05) is 6.61 Å². The Bertz CT molecular complexity index is 977. The van der Waals surface area contributed by atoms with Gasteiger partial charge in [0.15, 0.2) is 6.61 Å². The predicted molar refractivity (Wildman–Crippen MR) is 130 cm³/mol. The van der Waals surface area contributed by atoms with E-state index in [1.807, 2.05) is 24.3 Å². The molecular formula is C29H32O4. The van der Waals surface area contributed by atoms with Crippen molar-refractivity contribution in [3.8, 4) is 5.75 Å². The van der Waals surface area contributed by atoms with Crippen LogP contribution in [0, 0.1) is 0 Å². The molecular weight excluding hydrogens is 412 g/mol. The summed E-state index contributed by atoms with van der Waals surface area (Å²) >= 11 is 0. The Labute approximate surface area is 196 Å². The van der Waals surface area contributed by atoms with Gasteiger partial charge in [0.05, 0.1) is 6.61 Å². The fourth-order valence-corrected chi connectivity index (χ4v) is 4.66. The van der Waals surface area contributed by atoms with E-state index in [4.69, 9.17) is 14.2 Å². The van der Waals surface area contributed by atoms with E-state index < -0.39 is 0 Å². The van der Waals surface area contributed by atoms with Crippen LogP contribution in [0.2, 0.25) is 0 Å². The van der Waals surface area contributed by atoms with Crippen molar-refractivity contribution in [2.24, 2.45) is 0 Å². The molecule has 33 heavy (non-hydrogen) atoms. The third-order valence-corrected chi connectivity index (χ3v) is 6.19. The molecule has 0 saturated heterocycles. The molecule has 4 rings (SSSR count). The number of hydrogen-bond donors (Lipinski definition) is 0. The van der Waals surface area contributed by atoms with Crippen LogP contribution in [0.1, 0.15) is 60.5 Å². The molecule has 0 fully saturated rings. The van der Waals surface area contributed by atoms with Gasteiger partial charge in [-0.15, -0.1) is 0 Å². The van der Waals surface area contributed by atoms with Gasteiger partial charge in [0.2, 0.25) is 0 Å². The summed E-state index contributed by atoms with van der Waals surface area (Å²) in [6.07, 6.45) is 4.10. The molecule has 0 amide bonds. The quantitative estimate of drug-likeness (QED) is 0.347. The molecule has 0 N–H and O–H groups in total. The Morgan fingerprint density at radius 2 is 1.64 bits per heavy atom. The van der Waals surface area contributed by atoms with Crippen molar-refractivity contribution < 1.29 is 19.0 Å². The van der Waals surface area contributed by atoms with E-state index in [1.54, 1.807) is 6.92 Å². The van der Waals surface area contributed by atoms with Crippen LogP contribution in [0.15, 0.2) is 78.9 Å². The van der Waals surface area contributed by atoms with Crippen LogP contribution in [0.25, 0.3) is 0 Å².